The van der Waals surface area contributed by atoms with Crippen molar-refractivity contribution in [2.45, 2.75) is 39.9 Å². The van der Waals surface area contributed by atoms with E-state index in [9.17, 15) is 9.90 Å². The molecule has 0 aromatic heterocycles. The Kier molecular flexibility index (Phi) is 6.81. The molecular weight excluding hydrogens is 376 g/mol. The van der Waals surface area contributed by atoms with Gasteiger partial charge >= 0.3 is 5.97 Å². The molecule has 6 heteroatoms. The molecule has 1 aromatic rings. The number of aliphatic carboxylic acids is 1. The van der Waals surface area contributed by atoms with E-state index in [0.717, 1.165) is 36.3 Å². The Morgan fingerprint density at radius 2 is 1.93 bits per heavy atom. The maximum absolute atomic E-state index is 12.1. The molecule has 5 nitrogen and oxygen atoms in total. The number of hydrogen-bond acceptors (Lipinski definition) is 4. The van der Waals surface area contributed by atoms with Crippen LogP contribution in [0.25, 0.3) is 0 Å². The minimum absolute atomic E-state index is 0.0201. The first kappa shape index (κ1) is 20.9. The zero-order chi connectivity index (χ0) is 20.3. The second kappa shape index (κ2) is 9.12. The lowest BCUT2D eigenvalue weighted by atomic mass is 9.90. The van der Waals surface area contributed by atoms with Gasteiger partial charge in [-0.25, -0.2) is 4.79 Å². The normalized spacial score (nSPS) is 22.2. The van der Waals surface area contributed by atoms with Gasteiger partial charge in [-0.15, -0.1) is 0 Å². The van der Waals surface area contributed by atoms with E-state index >= 15 is 0 Å². The molecule has 2 atom stereocenters. The summed E-state index contributed by atoms with van der Waals surface area (Å²) in [7, 11) is 0. The van der Waals surface area contributed by atoms with Crippen molar-refractivity contribution < 1.29 is 14.6 Å². The summed E-state index contributed by atoms with van der Waals surface area (Å²) in [5, 5.41) is 10.7. The van der Waals surface area contributed by atoms with Crippen LogP contribution in [-0.2, 0) is 16.1 Å². The van der Waals surface area contributed by atoms with Gasteiger partial charge in [-0.3, -0.25) is 4.90 Å². The van der Waals surface area contributed by atoms with E-state index in [0.29, 0.717) is 30.4 Å². The molecule has 3 rings (SSSR count). The third-order valence-corrected chi connectivity index (χ3v) is 5.91. The molecule has 1 N–H and O–H groups in total. The van der Waals surface area contributed by atoms with Crippen molar-refractivity contribution in [2.24, 2.45) is 5.92 Å². The van der Waals surface area contributed by atoms with Crippen LogP contribution < -0.4 is 0 Å². The van der Waals surface area contributed by atoms with Gasteiger partial charge in [0.1, 0.15) is 6.17 Å². The van der Waals surface area contributed by atoms with Gasteiger partial charge in [-0.05, 0) is 48.6 Å². The van der Waals surface area contributed by atoms with E-state index < -0.39 is 5.97 Å². The van der Waals surface area contributed by atoms with Gasteiger partial charge in [0.05, 0.1) is 18.8 Å². The first-order valence-corrected chi connectivity index (χ1v) is 10.3. The van der Waals surface area contributed by atoms with Gasteiger partial charge in [-0.1, -0.05) is 37.6 Å². The van der Waals surface area contributed by atoms with E-state index in [2.05, 4.69) is 29.7 Å². The number of benzene rings is 1. The highest BCUT2D eigenvalue weighted by Crippen LogP contribution is 2.36. The van der Waals surface area contributed by atoms with Crippen LogP contribution >= 0.6 is 11.6 Å². The van der Waals surface area contributed by atoms with E-state index in [4.69, 9.17) is 16.3 Å². The minimum Gasteiger partial charge on any atom is -0.478 e. The zero-order valence-electron chi connectivity index (χ0n) is 16.8. The van der Waals surface area contributed by atoms with Crippen LogP contribution in [0.5, 0.6) is 0 Å². The zero-order valence-corrected chi connectivity index (χ0v) is 17.6. The number of halogens is 1. The number of nitrogens with zero attached hydrogens (tertiary/aromatic N) is 2. The summed E-state index contributed by atoms with van der Waals surface area (Å²) in [6, 6.07) is 7.80. The summed E-state index contributed by atoms with van der Waals surface area (Å²) in [6.45, 7) is 9.84. The smallest absolute Gasteiger partial charge is 0.337 e. The maximum Gasteiger partial charge on any atom is 0.337 e. The van der Waals surface area contributed by atoms with Crippen LogP contribution in [-0.4, -0.2) is 53.3 Å². The van der Waals surface area contributed by atoms with Gasteiger partial charge in [-0.2, -0.15) is 0 Å². The number of carbonyl (C=O) groups is 1. The second-order valence-electron chi connectivity index (χ2n) is 7.54. The first-order valence-electron chi connectivity index (χ1n) is 9.91. The van der Waals surface area contributed by atoms with Gasteiger partial charge in [0.25, 0.3) is 0 Å². The highest BCUT2D eigenvalue weighted by Gasteiger charge is 2.36. The Morgan fingerprint density at radius 1 is 1.29 bits per heavy atom. The topological polar surface area (TPSA) is 53.0 Å². The van der Waals surface area contributed by atoms with Crippen molar-refractivity contribution in [1.82, 2.24) is 9.80 Å². The average Bonchev–Trinajstić information content (AvgIpc) is 2.70. The summed E-state index contributed by atoms with van der Waals surface area (Å²) in [4.78, 5) is 16.8. The van der Waals surface area contributed by atoms with Crippen molar-refractivity contribution in [3.63, 3.8) is 0 Å². The number of ether oxygens (including phenoxy) is 1. The molecule has 2 aliphatic rings. The van der Waals surface area contributed by atoms with Crippen molar-refractivity contribution >= 4 is 17.6 Å². The van der Waals surface area contributed by atoms with E-state index in [1.54, 1.807) is 0 Å². The SMILES string of the molecule is CCC(C)C1=C(C(=O)O)C(C)=CC(N2CCOCC2)N1Cc1ccc(Cl)cc1. The highest BCUT2D eigenvalue weighted by atomic mass is 35.5. The lowest BCUT2D eigenvalue weighted by Gasteiger charge is -2.46. The maximum atomic E-state index is 12.1. The molecule has 1 fully saturated rings. The summed E-state index contributed by atoms with van der Waals surface area (Å²) in [5.41, 5.74) is 3.31. The fraction of sp³-hybridized carbons (Fsp3) is 0.500. The van der Waals surface area contributed by atoms with Gasteiger partial charge < -0.3 is 14.7 Å². The molecule has 2 unspecified atom stereocenters. The third kappa shape index (κ3) is 4.43. The molecule has 28 heavy (non-hydrogen) atoms. The number of morpholine rings is 1. The number of carboxylic acid groups (broad SMARTS) is 1. The van der Waals surface area contributed by atoms with Crippen LogP contribution in [0.2, 0.25) is 5.02 Å². The van der Waals surface area contributed by atoms with Gasteiger partial charge in [0, 0.05) is 30.4 Å². The number of carboxylic acids is 1. The lowest BCUT2D eigenvalue weighted by Crippen LogP contribution is -2.53. The van der Waals surface area contributed by atoms with Crippen molar-refractivity contribution in [3.05, 3.63) is 57.8 Å². The summed E-state index contributed by atoms with van der Waals surface area (Å²) < 4.78 is 5.54. The Labute approximate surface area is 172 Å². The summed E-state index contributed by atoms with van der Waals surface area (Å²) in [6.07, 6.45) is 3.00. The van der Waals surface area contributed by atoms with Crippen LogP contribution in [0.15, 0.2) is 47.2 Å². The number of allylic oxidation sites excluding steroid dienone is 1. The fourth-order valence-electron chi connectivity index (χ4n) is 4.00. The quantitative estimate of drug-likeness (QED) is 0.772. The largest absolute Gasteiger partial charge is 0.478 e. The summed E-state index contributed by atoms with van der Waals surface area (Å²) >= 11 is 6.06. The number of rotatable bonds is 6. The van der Waals surface area contributed by atoms with E-state index in [1.807, 2.05) is 31.2 Å². The van der Waals surface area contributed by atoms with Crippen molar-refractivity contribution in [1.29, 1.82) is 0 Å². The van der Waals surface area contributed by atoms with Gasteiger partial charge in [0.15, 0.2) is 0 Å². The van der Waals surface area contributed by atoms with Crippen molar-refractivity contribution in [3.8, 4) is 0 Å². The molecule has 1 saturated heterocycles. The molecule has 2 aliphatic heterocycles. The minimum atomic E-state index is -0.856. The van der Waals surface area contributed by atoms with E-state index in [1.165, 1.54) is 0 Å². The Bertz CT molecular complexity index is 766. The van der Waals surface area contributed by atoms with Crippen LogP contribution in [0, 0.1) is 5.92 Å². The molecule has 0 amide bonds. The van der Waals surface area contributed by atoms with Crippen LogP contribution in [0.4, 0.5) is 0 Å². The molecule has 2 heterocycles. The number of hydrogen-bond donors (Lipinski definition) is 1. The van der Waals surface area contributed by atoms with Crippen LogP contribution in [0.1, 0.15) is 32.8 Å². The lowest BCUT2D eigenvalue weighted by molar-refractivity contribution is -0.132. The molecule has 152 valence electrons. The average molecular weight is 405 g/mol. The third-order valence-electron chi connectivity index (χ3n) is 5.66. The first-order chi connectivity index (χ1) is 13.4. The predicted octanol–water partition coefficient (Wildman–Crippen LogP) is 4.15. The highest BCUT2D eigenvalue weighted by molar-refractivity contribution is 6.30. The monoisotopic (exact) mass is 404 g/mol. The Morgan fingerprint density at radius 3 is 2.50 bits per heavy atom. The van der Waals surface area contributed by atoms with E-state index in [-0.39, 0.29) is 12.1 Å². The van der Waals surface area contributed by atoms with Crippen LogP contribution in [0.3, 0.4) is 0 Å². The molecule has 0 aliphatic carbocycles. The second-order valence-corrected chi connectivity index (χ2v) is 7.98. The Hall–Kier alpha value is -1.82. The fourth-order valence-corrected chi connectivity index (χ4v) is 4.12. The molecule has 0 spiro atoms. The molecule has 1 aromatic carbocycles. The van der Waals surface area contributed by atoms with Crippen molar-refractivity contribution in [2.75, 3.05) is 26.3 Å². The summed E-state index contributed by atoms with van der Waals surface area (Å²) in [5.74, 6) is -0.712. The molecular formula is C22H29ClN2O3. The predicted molar refractivity (Wildman–Crippen MR) is 111 cm³/mol. The standard InChI is InChI=1S/C22H29ClN2O3/c1-4-15(2)21-20(22(26)27)16(3)13-19(24-9-11-28-12-10-24)25(21)14-17-5-7-18(23)8-6-17/h5-8,13,15,19H,4,9-12,14H2,1-3H3,(H,26,27). The molecule has 0 bridgehead atoms. The Balaban J connectivity index is 2.06. The van der Waals surface area contributed by atoms with Gasteiger partial charge in [0.2, 0.25) is 0 Å². The molecule has 0 saturated carbocycles. The molecule has 0 radical (unpaired) electrons.